The highest BCUT2D eigenvalue weighted by Gasteiger charge is 2.17. The smallest absolute Gasteiger partial charge is 0.223 e. The van der Waals surface area contributed by atoms with Crippen LogP contribution in [0.4, 0.5) is 11.8 Å². The molecule has 0 saturated carbocycles. The molecule has 3 N–H and O–H groups in total. The molecule has 0 radical (unpaired) electrons. The number of halogens is 1. The van der Waals surface area contributed by atoms with E-state index in [-0.39, 0.29) is 5.95 Å². The molecule has 16 heavy (non-hydrogen) atoms. The number of rotatable bonds is 2. The lowest BCUT2D eigenvalue weighted by Gasteiger charge is -2.30. The van der Waals surface area contributed by atoms with Crippen molar-refractivity contribution in [3.8, 4) is 0 Å². The van der Waals surface area contributed by atoms with Crippen molar-refractivity contribution in [2.24, 2.45) is 0 Å². The molecule has 1 aromatic rings. The molecule has 1 unspecified atom stereocenters. The van der Waals surface area contributed by atoms with E-state index in [1.54, 1.807) is 6.07 Å². The van der Waals surface area contributed by atoms with Gasteiger partial charge in [0, 0.05) is 18.7 Å². The summed E-state index contributed by atoms with van der Waals surface area (Å²) >= 11 is 5.81. The second-order valence-electron chi connectivity index (χ2n) is 4.18. The molecule has 1 aromatic heterocycles. The second-order valence-corrected chi connectivity index (χ2v) is 4.57. The summed E-state index contributed by atoms with van der Waals surface area (Å²) in [5, 5.41) is 3.71. The molecule has 1 fully saturated rings. The van der Waals surface area contributed by atoms with Gasteiger partial charge in [0.1, 0.15) is 11.0 Å². The third kappa shape index (κ3) is 2.96. The van der Waals surface area contributed by atoms with Crippen LogP contribution in [0, 0.1) is 0 Å². The standard InChI is InChI=1S/C10H16ClN5/c1-16-4-2-3-7(6-16)13-9-5-8(11)14-10(12)15-9/h5,7H,2-4,6H2,1H3,(H3,12,13,14,15). The minimum absolute atomic E-state index is 0.208. The summed E-state index contributed by atoms with van der Waals surface area (Å²) in [7, 11) is 2.12. The first kappa shape index (κ1) is 11.4. The summed E-state index contributed by atoms with van der Waals surface area (Å²) in [6.45, 7) is 2.17. The van der Waals surface area contributed by atoms with Crippen molar-refractivity contribution < 1.29 is 0 Å². The summed E-state index contributed by atoms with van der Waals surface area (Å²) < 4.78 is 0. The van der Waals surface area contributed by atoms with E-state index in [1.807, 2.05) is 0 Å². The van der Waals surface area contributed by atoms with Crippen molar-refractivity contribution in [2.75, 3.05) is 31.2 Å². The number of nitrogens with one attached hydrogen (secondary N) is 1. The monoisotopic (exact) mass is 241 g/mol. The molecular weight excluding hydrogens is 226 g/mol. The number of likely N-dealkylation sites (N-methyl/N-ethyl adjacent to an activating group) is 1. The van der Waals surface area contributed by atoms with Gasteiger partial charge in [0.15, 0.2) is 0 Å². The van der Waals surface area contributed by atoms with Crippen LogP contribution in [0.3, 0.4) is 0 Å². The van der Waals surface area contributed by atoms with Gasteiger partial charge in [0.25, 0.3) is 0 Å². The van der Waals surface area contributed by atoms with Gasteiger partial charge in [0.2, 0.25) is 5.95 Å². The van der Waals surface area contributed by atoms with Crippen LogP contribution in [0.25, 0.3) is 0 Å². The average Bonchev–Trinajstić information content (AvgIpc) is 2.15. The zero-order valence-electron chi connectivity index (χ0n) is 9.28. The first-order valence-corrected chi connectivity index (χ1v) is 5.76. The lowest BCUT2D eigenvalue weighted by molar-refractivity contribution is 0.261. The third-order valence-corrected chi connectivity index (χ3v) is 2.88. The predicted octanol–water partition coefficient (Wildman–Crippen LogP) is 1.22. The van der Waals surface area contributed by atoms with Crippen LogP contribution in [0.1, 0.15) is 12.8 Å². The van der Waals surface area contributed by atoms with Crippen LogP contribution in [0.2, 0.25) is 5.15 Å². The molecule has 0 spiro atoms. The molecule has 0 bridgehead atoms. The van der Waals surface area contributed by atoms with Crippen molar-refractivity contribution >= 4 is 23.4 Å². The highest BCUT2D eigenvalue weighted by Crippen LogP contribution is 2.17. The fourth-order valence-electron chi connectivity index (χ4n) is 2.00. The number of anilines is 2. The van der Waals surface area contributed by atoms with Gasteiger partial charge in [0.05, 0.1) is 0 Å². The average molecular weight is 242 g/mol. The Morgan fingerprint density at radius 1 is 1.56 bits per heavy atom. The van der Waals surface area contributed by atoms with Gasteiger partial charge in [-0.3, -0.25) is 0 Å². The van der Waals surface area contributed by atoms with E-state index in [0.29, 0.717) is 17.0 Å². The molecule has 0 aliphatic carbocycles. The maximum absolute atomic E-state index is 5.81. The zero-order chi connectivity index (χ0) is 11.5. The zero-order valence-corrected chi connectivity index (χ0v) is 10.0. The Kier molecular flexibility index (Phi) is 3.46. The van der Waals surface area contributed by atoms with E-state index in [9.17, 15) is 0 Å². The summed E-state index contributed by atoms with van der Waals surface area (Å²) in [4.78, 5) is 10.2. The second kappa shape index (κ2) is 4.84. The molecule has 0 amide bonds. The van der Waals surface area contributed by atoms with E-state index < -0.39 is 0 Å². The number of piperidine rings is 1. The largest absolute Gasteiger partial charge is 0.368 e. The van der Waals surface area contributed by atoms with Crippen molar-refractivity contribution in [3.63, 3.8) is 0 Å². The fraction of sp³-hybridized carbons (Fsp3) is 0.600. The molecule has 5 nitrogen and oxygen atoms in total. The normalized spacial score (nSPS) is 22.0. The molecule has 1 saturated heterocycles. The first-order valence-electron chi connectivity index (χ1n) is 5.38. The highest BCUT2D eigenvalue weighted by atomic mass is 35.5. The Morgan fingerprint density at radius 3 is 3.06 bits per heavy atom. The molecule has 6 heteroatoms. The summed E-state index contributed by atoms with van der Waals surface area (Å²) in [6, 6.07) is 2.11. The lowest BCUT2D eigenvalue weighted by atomic mass is 10.1. The van der Waals surface area contributed by atoms with Gasteiger partial charge in [-0.1, -0.05) is 11.6 Å². The van der Waals surface area contributed by atoms with Gasteiger partial charge >= 0.3 is 0 Å². The number of nitrogens with two attached hydrogens (primary N) is 1. The van der Waals surface area contributed by atoms with Crippen LogP contribution < -0.4 is 11.1 Å². The van der Waals surface area contributed by atoms with Crippen LogP contribution >= 0.6 is 11.6 Å². The molecule has 0 aromatic carbocycles. The van der Waals surface area contributed by atoms with Gasteiger partial charge in [-0.25, -0.2) is 4.98 Å². The Hall–Kier alpha value is -1.07. The Morgan fingerprint density at radius 2 is 2.38 bits per heavy atom. The molecule has 1 atom stereocenters. The number of hydrogen-bond donors (Lipinski definition) is 2. The Balaban J connectivity index is 2.02. The maximum Gasteiger partial charge on any atom is 0.223 e. The van der Waals surface area contributed by atoms with E-state index >= 15 is 0 Å². The van der Waals surface area contributed by atoms with Crippen molar-refractivity contribution in [2.45, 2.75) is 18.9 Å². The number of nitrogen functional groups attached to an aromatic ring is 1. The lowest BCUT2D eigenvalue weighted by Crippen LogP contribution is -2.39. The summed E-state index contributed by atoms with van der Waals surface area (Å²) in [5.41, 5.74) is 5.53. The minimum atomic E-state index is 0.208. The Labute approximate surface area is 100 Å². The molecule has 2 heterocycles. The first-order chi connectivity index (χ1) is 7.63. The molecule has 1 aliphatic rings. The van der Waals surface area contributed by atoms with Gasteiger partial charge < -0.3 is 16.0 Å². The molecule has 1 aliphatic heterocycles. The molecule has 88 valence electrons. The van der Waals surface area contributed by atoms with Gasteiger partial charge in [-0.05, 0) is 26.4 Å². The van der Waals surface area contributed by atoms with Gasteiger partial charge in [-0.2, -0.15) is 4.98 Å². The number of hydrogen-bond acceptors (Lipinski definition) is 5. The van der Waals surface area contributed by atoms with E-state index in [4.69, 9.17) is 17.3 Å². The summed E-state index contributed by atoms with van der Waals surface area (Å²) in [6.07, 6.45) is 2.34. The minimum Gasteiger partial charge on any atom is -0.368 e. The van der Waals surface area contributed by atoms with Crippen LogP contribution in [0.5, 0.6) is 0 Å². The quantitative estimate of drug-likeness (QED) is 0.762. The fourth-order valence-corrected chi connectivity index (χ4v) is 2.19. The topological polar surface area (TPSA) is 67.1 Å². The highest BCUT2D eigenvalue weighted by molar-refractivity contribution is 6.29. The van der Waals surface area contributed by atoms with Crippen LogP contribution in [-0.4, -0.2) is 41.0 Å². The maximum atomic E-state index is 5.81. The SMILES string of the molecule is CN1CCCC(Nc2cc(Cl)nc(N)n2)C1. The predicted molar refractivity (Wildman–Crippen MR) is 65.6 cm³/mol. The molecule has 2 rings (SSSR count). The van der Waals surface area contributed by atoms with Crippen LogP contribution in [0.15, 0.2) is 6.07 Å². The Bertz CT molecular complexity index is 350. The number of aromatic nitrogens is 2. The number of likely N-dealkylation sites (tertiary alicyclic amines) is 1. The van der Waals surface area contributed by atoms with E-state index in [1.165, 1.54) is 6.42 Å². The number of nitrogens with zero attached hydrogens (tertiary/aromatic N) is 3. The van der Waals surface area contributed by atoms with Gasteiger partial charge in [-0.15, -0.1) is 0 Å². The molecular formula is C10H16ClN5. The van der Waals surface area contributed by atoms with Crippen molar-refractivity contribution in [3.05, 3.63) is 11.2 Å². The van der Waals surface area contributed by atoms with Crippen molar-refractivity contribution in [1.82, 2.24) is 14.9 Å². The van der Waals surface area contributed by atoms with Crippen molar-refractivity contribution in [1.29, 1.82) is 0 Å². The van der Waals surface area contributed by atoms with E-state index in [2.05, 4.69) is 27.2 Å². The third-order valence-electron chi connectivity index (χ3n) is 2.69. The van der Waals surface area contributed by atoms with E-state index in [0.717, 1.165) is 19.5 Å². The van der Waals surface area contributed by atoms with Crippen LogP contribution in [-0.2, 0) is 0 Å². The summed E-state index contributed by atoms with van der Waals surface area (Å²) in [5.74, 6) is 0.914.